The molecule has 0 spiro atoms. The highest BCUT2D eigenvalue weighted by molar-refractivity contribution is 7.86. The molecule has 1 aliphatic rings. The largest absolute Gasteiger partial charge is 0.414 e. The van der Waals surface area contributed by atoms with Gasteiger partial charge in [-0.25, -0.2) is 9.18 Å². The summed E-state index contributed by atoms with van der Waals surface area (Å²) in [6.45, 7) is 10.4. The lowest BCUT2D eigenvalue weighted by Crippen LogP contribution is -2.44. The summed E-state index contributed by atoms with van der Waals surface area (Å²) in [6.07, 6.45) is -0.732. The number of hydrogen-bond acceptors (Lipinski definition) is 8. The van der Waals surface area contributed by atoms with E-state index in [9.17, 15) is 17.6 Å². The molecule has 0 amide bonds. The third-order valence-electron chi connectivity index (χ3n) is 5.14. The Balaban J connectivity index is 2.25. The number of nitrogen functional groups attached to an aromatic ring is 1. The predicted molar refractivity (Wildman–Crippen MR) is 104 cm³/mol. The van der Waals surface area contributed by atoms with Crippen molar-refractivity contribution in [3.05, 3.63) is 22.5 Å². The average molecular weight is 438 g/mol. The van der Waals surface area contributed by atoms with Gasteiger partial charge in [0.25, 0.3) is 10.1 Å². The first kappa shape index (κ1) is 22.9. The number of nitrogens with two attached hydrogens (primary N) is 1. The highest BCUT2D eigenvalue weighted by atomic mass is 32.2. The van der Waals surface area contributed by atoms with Gasteiger partial charge in [0.15, 0.2) is 20.0 Å². The summed E-state index contributed by atoms with van der Waals surface area (Å²) in [5.41, 5.74) is 4.50. The van der Waals surface area contributed by atoms with Crippen LogP contribution in [0.15, 0.2) is 11.0 Å². The Kier molecular flexibility index (Phi) is 6.41. The van der Waals surface area contributed by atoms with E-state index in [0.29, 0.717) is 0 Å². The van der Waals surface area contributed by atoms with Crippen LogP contribution in [0.4, 0.5) is 10.2 Å². The molecule has 3 atom stereocenters. The molecule has 1 unspecified atom stereocenters. The molecule has 0 radical (unpaired) electrons. The van der Waals surface area contributed by atoms with E-state index >= 15 is 0 Å². The molecule has 9 nitrogen and oxygen atoms in total. The Morgan fingerprint density at radius 1 is 1.43 bits per heavy atom. The molecular formula is C16H28FN3O6SSi. The van der Waals surface area contributed by atoms with Gasteiger partial charge in [0.05, 0.1) is 19.1 Å². The van der Waals surface area contributed by atoms with Crippen molar-refractivity contribution >= 4 is 24.3 Å². The summed E-state index contributed by atoms with van der Waals surface area (Å²) < 4.78 is 55.0. The number of nitrogens with zero attached hydrogens (tertiary/aromatic N) is 2. The van der Waals surface area contributed by atoms with Crippen molar-refractivity contribution in [1.82, 2.24) is 9.55 Å². The molecule has 0 aromatic carbocycles. The van der Waals surface area contributed by atoms with E-state index in [1.54, 1.807) is 0 Å². The highest BCUT2D eigenvalue weighted by Gasteiger charge is 2.43. The van der Waals surface area contributed by atoms with Crippen molar-refractivity contribution in [1.29, 1.82) is 0 Å². The van der Waals surface area contributed by atoms with Crippen LogP contribution in [0.1, 0.15) is 33.4 Å². The number of rotatable bonds is 6. The van der Waals surface area contributed by atoms with Crippen LogP contribution in [0, 0.1) is 5.82 Å². The Hall–Kier alpha value is -1.34. The first-order valence-corrected chi connectivity index (χ1v) is 13.5. The Bertz CT molecular complexity index is 883. The quantitative estimate of drug-likeness (QED) is 0.526. The van der Waals surface area contributed by atoms with Crippen LogP contribution in [0.3, 0.4) is 0 Å². The van der Waals surface area contributed by atoms with Crippen LogP contribution in [0.2, 0.25) is 18.1 Å². The van der Waals surface area contributed by atoms with Gasteiger partial charge in [-0.15, -0.1) is 0 Å². The van der Waals surface area contributed by atoms with Crippen molar-refractivity contribution in [3.8, 4) is 0 Å². The third-order valence-corrected chi connectivity index (χ3v) is 10.2. The fourth-order valence-corrected chi connectivity index (χ4v) is 4.18. The molecule has 28 heavy (non-hydrogen) atoms. The van der Waals surface area contributed by atoms with Crippen LogP contribution in [-0.4, -0.2) is 51.4 Å². The molecule has 1 aromatic rings. The Morgan fingerprint density at radius 2 is 2.04 bits per heavy atom. The summed E-state index contributed by atoms with van der Waals surface area (Å²) in [4.78, 5) is 15.5. The molecule has 1 aliphatic heterocycles. The molecule has 2 rings (SSSR count). The molecular weight excluding hydrogens is 409 g/mol. The molecule has 1 fully saturated rings. The van der Waals surface area contributed by atoms with Gasteiger partial charge in [-0.05, 0) is 18.1 Å². The minimum atomic E-state index is -3.77. The van der Waals surface area contributed by atoms with E-state index in [1.165, 1.54) is 0 Å². The maximum atomic E-state index is 13.8. The van der Waals surface area contributed by atoms with Crippen LogP contribution in [0.5, 0.6) is 0 Å². The molecule has 1 aromatic heterocycles. The van der Waals surface area contributed by atoms with E-state index in [2.05, 4.69) is 38.8 Å². The second kappa shape index (κ2) is 7.82. The van der Waals surface area contributed by atoms with Crippen molar-refractivity contribution in [2.75, 3.05) is 18.6 Å². The lowest BCUT2D eigenvalue weighted by Gasteiger charge is -2.37. The number of anilines is 1. The molecule has 0 aliphatic carbocycles. The first-order valence-electron chi connectivity index (χ1n) is 8.82. The van der Waals surface area contributed by atoms with Crippen LogP contribution in [0.25, 0.3) is 0 Å². The summed E-state index contributed by atoms with van der Waals surface area (Å²) in [5, 5.41) is -0.0564. The van der Waals surface area contributed by atoms with Crippen molar-refractivity contribution < 1.29 is 26.2 Å². The molecule has 0 saturated carbocycles. The Labute approximate surface area is 165 Å². The molecule has 0 bridgehead atoms. The number of ether oxygens (including phenoxy) is 1. The van der Waals surface area contributed by atoms with Crippen molar-refractivity contribution in [2.24, 2.45) is 0 Å². The predicted octanol–water partition coefficient (Wildman–Crippen LogP) is 1.62. The maximum Gasteiger partial charge on any atom is 0.351 e. The van der Waals surface area contributed by atoms with Gasteiger partial charge >= 0.3 is 5.69 Å². The molecule has 1 saturated heterocycles. The lowest BCUT2D eigenvalue weighted by molar-refractivity contribution is -0.0389. The summed E-state index contributed by atoms with van der Waals surface area (Å²) in [6, 6.07) is 0. The normalized spacial score (nSPS) is 23.9. The summed E-state index contributed by atoms with van der Waals surface area (Å²) >= 11 is 0. The Morgan fingerprint density at radius 3 is 2.57 bits per heavy atom. The van der Waals surface area contributed by atoms with E-state index in [4.69, 9.17) is 19.1 Å². The standard InChI is InChI=1S/C16H28FN3O6SSi/c1-16(2,3)28(5,6)24-9-12-11(26-27(4,22)23)7-13(25-12)20-8-10(17)14(18)19-15(20)21/h8,11-13H,7,9H2,1-6H3,(H2,18,19,21)/t11?,12-,13-/m1/s1. The van der Waals surface area contributed by atoms with Gasteiger partial charge in [-0.3, -0.25) is 8.75 Å². The fourth-order valence-electron chi connectivity index (χ4n) is 2.52. The fraction of sp³-hybridized carbons (Fsp3) is 0.750. The smallest absolute Gasteiger partial charge is 0.351 e. The van der Waals surface area contributed by atoms with Gasteiger partial charge < -0.3 is 14.9 Å². The minimum Gasteiger partial charge on any atom is -0.414 e. The number of aromatic nitrogens is 2. The summed E-state index contributed by atoms with van der Waals surface area (Å²) in [7, 11) is -5.91. The topological polar surface area (TPSA) is 123 Å². The van der Waals surface area contributed by atoms with Crippen LogP contribution < -0.4 is 11.4 Å². The van der Waals surface area contributed by atoms with E-state index in [1.807, 2.05) is 0 Å². The van der Waals surface area contributed by atoms with Crippen molar-refractivity contribution in [2.45, 2.75) is 63.8 Å². The minimum absolute atomic E-state index is 0.0174. The van der Waals surface area contributed by atoms with Crippen LogP contribution >= 0.6 is 0 Å². The number of halogens is 1. The van der Waals surface area contributed by atoms with Gasteiger partial charge in [-0.2, -0.15) is 13.4 Å². The maximum absolute atomic E-state index is 13.8. The number of hydrogen-bond donors (Lipinski definition) is 1. The van der Waals surface area contributed by atoms with Crippen molar-refractivity contribution in [3.63, 3.8) is 0 Å². The third kappa shape index (κ3) is 5.38. The van der Waals surface area contributed by atoms with E-state index < -0.39 is 54.2 Å². The average Bonchev–Trinajstić information content (AvgIpc) is 2.88. The van der Waals surface area contributed by atoms with Gasteiger partial charge in [-0.1, -0.05) is 20.8 Å². The van der Waals surface area contributed by atoms with Gasteiger partial charge in [0.1, 0.15) is 18.4 Å². The van der Waals surface area contributed by atoms with Crippen LogP contribution in [-0.2, 0) is 23.5 Å². The lowest BCUT2D eigenvalue weighted by atomic mass is 10.2. The molecule has 2 heterocycles. The second-order valence-corrected chi connectivity index (χ2v) is 14.8. The highest BCUT2D eigenvalue weighted by Crippen LogP contribution is 2.38. The monoisotopic (exact) mass is 437 g/mol. The van der Waals surface area contributed by atoms with E-state index in [0.717, 1.165) is 17.0 Å². The summed E-state index contributed by atoms with van der Waals surface area (Å²) in [5.74, 6) is -1.38. The van der Waals surface area contributed by atoms with E-state index in [-0.39, 0.29) is 18.1 Å². The second-order valence-electron chi connectivity index (χ2n) is 8.44. The zero-order valence-corrected chi connectivity index (χ0v) is 18.7. The first-order chi connectivity index (χ1) is 12.6. The SMILES string of the molecule is CC(C)(C)[Si](C)(C)OC[C@H]1O[C@@H](n2cc(F)c(N)nc2=O)CC1OS(C)(=O)=O. The van der Waals surface area contributed by atoms with Gasteiger partial charge in [0, 0.05) is 6.42 Å². The molecule has 2 N–H and O–H groups in total. The van der Waals surface area contributed by atoms with Gasteiger partial charge in [0.2, 0.25) is 0 Å². The zero-order chi connectivity index (χ0) is 21.5. The molecule has 160 valence electrons. The molecule has 12 heteroatoms. The zero-order valence-electron chi connectivity index (χ0n) is 16.9.